The van der Waals surface area contributed by atoms with Gasteiger partial charge in [0.25, 0.3) is 0 Å². The molecule has 11 rings (SSSR count). The number of rotatable bonds is 6. The van der Waals surface area contributed by atoms with Crippen LogP contribution in [0.25, 0.3) is 99.5 Å². The van der Waals surface area contributed by atoms with Crippen molar-refractivity contribution in [1.82, 2.24) is 9.13 Å². The molecule has 0 fully saturated rings. The maximum atomic E-state index is 13.9. The topological polar surface area (TPSA) is 9.86 Å². The standard InChI is InChI=1S/C54H35FN2/c55-44-25-18-39(19-26-44)40-14-9-15-46(32-40)57-53-31-24-42(34-50(53)48-29-22-43(35-54(48)57)37-12-5-2-6-13-37)41-23-30-52-49(33-41)47-16-7-8-17-51(47)56(52)45-27-20-38(21-28-45)36-10-3-1-4-11-36/h1-35H. The first kappa shape index (κ1) is 32.9. The van der Waals surface area contributed by atoms with Gasteiger partial charge in [0, 0.05) is 32.9 Å². The highest BCUT2D eigenvalue weighted by Gasteiger charge is 2.17. The summed E-state index contributed by atoms with van der Waals surface area (Å²) in [4.78, 5) is 0. The largest absolute Gasteiger partial charge is 0.309 e. The predicted molar refractivity (Wildman–Crippen MR) is 237 cm³/mol. The third kappa shape index (κ3) is 5.63. The fourth-order valence-electron chi connectivity index (χ4n) is 8.62. The van der Waals surface area contributed by atoms with Crippen molar-refractivity contribution in [3.8, 4) is 55.9 Å². The fourth-order valence-corrected chi connectivity index (χ4v) is 8.62. The second kappa shape index (κ2) is 13.4. The Labute approximate surface area is 330 Å². The molecule has 3 heteroatoms. The summed E-state index contributed by atoms with van der Waals surface area (Å²) in [5.41, 5.74) is 16.0. The fraction of sp³-hybridized carbons (Fsp3) is 0. The van der Waals surface area contributed by atoms with Crippen LogP contribution in [0.3, 0.4) is 0 Å². The quantitative estimate of drug-likeness (QED) is 0.161. The molecule has 0 N–H and O–H groups in total. The zero-order valence-electron chi connectivity index (χ0n) is 31.0. The Morgan fingerprint density at radius 2 is 0.684 bits per heavy atom. The number of hydrogen-bond donors (Lipinski definition) is 0. The van der Waals surface area contributed by atoms with Crippen molar-refractivity contribution < 1.29 is 4.39 Å². The van der Waals surface area contributed by atoms with Gasteiger partial charge in [-0.1, -0.05) is 140 Å². The van der Waals surface area contributed by atoms with Gasteiger partial charge in [0.15, 0.2) is 0 Å². The van der Waals surface area contributed by atoms with Crippen molar-refractivity contribution in [3.63, 3.8) is 0 Å². The summed E-state index contributed by atoms with van der Waals surface area (Å²) in [6.07, 6.45) is 0. The van der Waals surface area contributed by atoms with Crippen molar-refractivity contribution in [3.05, 3.63) is 218 Å². The van der Waals surface area contributed by atoms with E-state index in [1.54, 1.807) is 0 Å². The van der Waals surface area contributed by atoms with E-state index in [1.807, 2.05) is 12.1 Å². The van der Waals surface area contributed by atoms with Gasteiger partial charge in [0.2, 0.25) is 0 Å². The van der Waals surface area contributed by atoms with Gasteiger partial charge in [0.05, 0.1) is 22.1 Å². The molecule has 0 unspecified atom stereocenters. The van der Waals surface area contributed by atoms with Crippen molar-refractivity contribution in [2.45, 2.75) is 0 Å². The molecular formula is C54H35FN2. The molecule has 2 heterocycles. The smallest absolute Gasteiger partial charge is 0.123 e. The van der Waals surface area contributed by atoms with E-state index in [-0.39, 0.29) is 5.82 Å². The van der Waals surface area contributed by atoms with Gasteiger partial charge in [-0.25, -0.2) is 4.39 Å². The zero-order chi connectivity index (χ0) is 37.9. The molecule has 11 aromatic rings. The van der Waals surface area contributed by atoms with Gasteiger partial charge < -0.3 is 9.13 Å². The highest BCUT2D eigenvalue weighted by atomic mass is 19.1. The number of aromatic nitrogens is 2. The number of para-hydroxylation sites is 1. The van der Waals surface area contributed by atoms with Crippen LogP contribution in [0.5, 0.6) is 0 Å². The van der Waals surface area contributed by atoms with Gasteiger partial charge >= 0.3 is 0 Å². The molecule has 0 aliphatic carbocycles. The molecule has 0 atom stereocenters. The molecule has 0 aliphatic rings. The van der Waals surface area contributed by atoms with Crippen LogP contribution in [-0.4, -0.2) is 9.13 Å². The van der Waals surface area contributed by atoms with Crippen LogP contribution in [0.4, 0.5) is 4.39 Å². The minimum Gasteiger partial charge on any atom is -0.309 e. The van der Waals surface area contributed by atoms with Crippen LogP contribution in [0.15, 0.2) is 212 Å². The van der Waals surface area contributed by atoms with Crippen molar-refractivity contribution >= 4 is 43.6 Å². The normalized spacial score (nSPS) is 11.6. The maximum absolute atomic E-state index is 13.9. The molecule has 0 aliphatic heterocycles. The highest BCUT2D eigenvalue weighted by molar-refractivity contribution is 6.13. The summed E-state index contributed by atoms with van der Waals surface area (Å²) >= 11 is 0. The Hall–Kier alpha value is -7.49. The van der Waals surface area contributed by atoms with Gasteiger partial charge in [-0.15, -0.1) is 0 Å². The number of halogens is 1. The van der Waals surface area contributed by atoms with Crippen LogP contribution < -0.4 is 0 Å². The molecule has 0 spiro atoms. The summed E-state index contributed by atoms with van der Waals surface area (Å²) in [5, 5.41) is 4.84. The average molecular weight is 731 g/mol. The van der Waals surface area contributed by atoms with Crippen LogP contribution in [-0.2, 0) is 0 Å². The molecular weight excluding hydrogens is 696 g/mol. The molecule has 9 aromatic carbocycles. The lowest BCUT2D eigenvalue weighted by Crippen LogP contribution is -1.95. The molecule has 57 heavy (non-hydrogen) atoms. The minimum atomic E-state index is -0.236. The molecule has 0 bridgehead atoms. The van der Waals surface area contributed by atoms with Crippen LogP contribution in [0.1, 0.15) is 0 Å². The first-order valence-corrected chi connectivity index (χ1v) is 19.4. The molecule has 0 radical (unpaired) electrons. The van der Waals surface area contributed by atoms with Gasteiger partial charge in [-0.3, -0.25) is 0 Å². The van der Waals surface area contributed by atoms with E-state index in [0.717, 1.165) is 33.5 Å². The number of hydrogen-bond acceptors (Lipinski definition) is 0. The third-order valence-electron chi connectivity index (χ3n) is 11.4. The van der Waals surface area contributed by atoms with Crippen LogP contribution in [0.2, 0.25) is 0 Å². The lowest BCUT2D eigenvalue weighted by molar-refractivity contribution is 0.628. The Morgan fingerprint density at radius 3 is 1.37 bits per heavy atom. The minimum absolute atomic E-state index is 0.236. The monoisotopic (exact) mass is 730 g/mol. The van der Waals surface area contributed by atoms with Crippen molar-refractivity contribution in [2.24, 2.45) is 0 Å². The Kier molecular flexibility index (Phi) is 7.71. The highest BCUT2D eigenvalue weighted by Crippen LogP contribution is 2.40. The Morgan fingerprint density at radius 1 is 0.246 bits per heavy atom. The van der Waals surface area contributed by atoms with E-state index in [2.05, 4.69) is 197 Å². The number of fused-ring (bicyclic) bond motifs is 6. The molecule has 2 nitrogen and oxygen atoms in total. The van der Waals surface area contributed by atoms with E-state index in [1.165, 1.54) is 78.1 Å². The molecule has 2 aromatic heterocycles. The first-order valence-electron chi connectivity index (χ1n) is 19.4. The van der Waals surface area contributed by atoms with Gasteiger partial charge in [-0.05, 0) is 117 Å². The van der Waals surface area contributed by atoms with E-state index in [9.17, 15) is 4.39 Å². The summed E-state index contributed by atoms with van der Waals surface area (Å²) in [7, 11) is 0. The van der Waals surface area contributed by atoms with E-state index >= 15 is 0 Å². The number of benzene rings is 9. The first-order chi connectivity index (χ1) is 28.2. The van der Waals surface area contributed by atoms with E-state index < -0.39 is 0 Å². The summed E-state index contributed by atoms with van der Waals surface area (Å²) in [6.45, 7) is 0. The number of nitrogens with zero attached hydrogens (tertiary/aromatic N) is 2. The SMILES string of the molecule is Fc1ccc(-c2cccc(-n3c4ccc(-c5ccc6c(c5)c5ccccc5n6-c5ccc(-c6ccccc6)cc5)cc4c4ccc(-c5ccccc5)cc43)c2)cc1. The van der Waals surface area contributed by atoms with E-state index in [0.29, 0.717) is 0 Å². The Balaban J connectivity index is 1.06. The van der Waals surface area contributed by atoms with Crippen LogP contribution in [0, 0.1) is 5.82 Å². The maximum Gasteiger partial charge on any atom is 0.123 e. The van der Waals surface area contributed by atoms with Gasteiger partial charge in [0.1, 0.15) is 5.82 Å². The van der Waals surface area contributed by atoms with E-state index in [4.69, 9.17) is 0 Å². The average Bonchev–Trinajstić information content (AvgIpc) is 3.79. The molecule has 0 amide bonds. The predicted octanol–water partition coefficient (Wildman–Crippen LogP) is 14.7. The molecule has 0 saturated heterocycles. The zero-order valence-corrected chi connectivity index (χ0v) is 31.0. The summed E-state index contributed by atoms with van der Waals surface area (Å²) in [5.74, 6) is -0.236. The second-order valence-electron chi connectivity index (χ2n) is 14.7. The molecule has 0 saturated carbocycles. The summed E-state index contributed by atoms with van der Waals surface area (Å²) in [6, 6.07) is 74.5. The van der Waals surface area contributed by atoms with Gasteiger partial charge in [-0.2, -0.15) is 0 Å². The lowest BCUT2D eigenvalue weighted by atomic mass is 9.99. The van der Waals surface area contributed by atoms with Crippen molar-refractivity contribution in [2.75, 3.05) is 0 Å². The lowest BCUT2D eigenvalue weighted by Gasteiger charge is -2.12. The summed E-state index contributed by atoms with van der Waals surface area (Å²) < 4.78 is 18.6. The molecule has 268 valence electrons. The Bertz CT molecular complexity index is 3260. The van der Waals surface area contributed by atoms with Crippen molar-refractivity contribution in [1.29, 1.82) is 0 Å². The second-order valence-corrected chi connectivity index (χ2v) is 14.7. The third-order valence-corrected chi connectivity index (χ3v) is 11.4. The van der Waals surface area contributed by atoms with Crippen LogP contribution >= 0.6 is 0 Å².